The number of aliphatic carboxylic acids is 1. The third-order valence-electron chi connectivity index (χ3n) is 1.54. The Hall–Kier alpha value is -1.70. The van der Waals surface area contributed by atoms with E-state index in [2.05, 4.69) is 9.97 Å². The molecule has 0 aliphatic heterocycles. The van der Waals surface area contributed by atoms with Crippen molar-refractivity contribution in [2.24, 2.45) is 0 Å². The number of aryl methyl sites for hydroxylation is 2. The molecule has 0 amide bonds. The number of sulfonamides is 1. The number of nitrogens with one attached hydrogen (secondary N) is 1. The van der Waals surface area contributed by atoms with Gasteiger partial charge in [0.2, 0.25) is 16.0 Å². The Labute approximate surface area is 92.6 Å². The van der Waals surface area contributed by atoms with Crippen LogP contribution in [0.2, 0.25) is 0 Å². The van der Waals surface area contributed by atoms with Crippen molar-refractivity contribution in [3.05, 3.63) is 17.5 Å². The Bertz CT molecular complexity index is 492. The van der Waals surface area contributed by atoms with Crippen molar-refractivity contribution >= 4 is 21.9 Å². The smallest absolute Gasteiger partial charge is 0.320 e. The summed E-state index contributed by atoms with van der Waals surface area (Å²) >= 11 is 0. The van der Waals surface area contributed by atoms with Gasteiger partial charge in [-0.3, -0.25) is 9.52 Å². The average Bonchev–Trinajstić information content (AvgIpc) is 1.95. The van der Waals surface area contributed by atoms with Gasteiger partial charge in [-0.05, 0) is 19.9 Å². The summed E-state index contributed by atoms with van der Waals surface area (Å²) in [6.07, 6.45) is 0. The van der Waals surface area contributed by atoms with Gasteiger partial charge in [0.25, 0.3) is 0 Å². The first-order chi connectivity index (χ1) is 7.28. The zero-order chi connectivity index (χ0) is 12.3. The Balaban J connectivity index is 2.92. The van der Waals surface area contributed by atoms with Crippen molar-refractivity contribution < 1.29 is 18.3 Å². The van der Waals surface area contributed by atoms with Crippen molar-refractivity contribution in [3.63, 3.8) is 0 Å². The van der Waals surface area contributed by atoms with E-state index in [1.54, 1.807) is 19.9 Å². The van der Waals surface area contributed by atoms with E-state index < -0.39 is 21.7 Å². The summed E-state index contributed by atoms with van der Waals surface area (Å²) in [6.45, 7) is 3.37. The number of rotatable bonds is 4. The maximum Gasteiger partial charge on any atom is 0.320 e. The molecule has 1 aromatic rings. The molecule has 0 bridgehead atoms. The van der Waals surface area contributed by atoms with Gasteiger partial charge in [0.1, 0.15) is 0 Å². The predicted octanol–water partition coefficient (Wildman–Crippen LogP) is -0.0803. The molecular weight excluding hydrogens is 234 g/mol. The zero-order valence-corrected chi connectivity index (χ0v) is 9.58. The molecule has 7 nitrogen and oxygen atoms in total. The van der Waals surface area contributed by atoms with Crippen molar-refractivity contribution in [2.45, 2.75) is 13.8 Å². The highest BCUT2D eigenvalue weighted by molar-refractivity contribution is 7.93. The van der Waals surface area contributed by atoms with Crippen molar-refractivity contribution in [1.82, 2.24) is 9.97 Å². The normalized spacial score (nSPS) is 11.1. The fourth-order valence-corrected chi connectivity index (χ4v) is 1.88. The molecule has 8 heteroatoms. The number of carbonyl (C=O) groups is 1. The van der Waals surface area contributed by atoms with E-state index in [4.69, 9.17) is 5.11 Å². The SMILES string of the molecule is Cc1cc(C)nc(NS(=O)(=O)CC(=O)O)n1. The van der Waals surface area contributed by atoms with Crippen LogP contribution in [0, 0.1) is 13.8 Å². The second-order valence-corrected chi connectivity index (χ2v) is 4.95. The Kier molecular flexibility index (Phi) is 3.43. The van der Waals surface area contributed by atoms with Gasteiger partial charge in [-0.15, -0.1) is 0 Å². The zero-order valence-electron chi connectivity index (χ0n) is 8.76. The molecule has 0 aliphatic rings. The molecule has 0 fully saturated rings. The van der Waals surface area contributed by atoms with E-state index in [-0.39, 0.29) is 5.95 Å². The third-order valence-corrected chi connectivity index (χ3v) is 2.66. The minimum atomic E-state index is -3.94. The standard InChI is InChI=1S/C8H11N3O4S/c1-5-3-6(2)10-8(9-5)11-16(14,15)4-7(12)13/h3H,4H2,1-2H3,(H,12,13)(H,9,10,11). The van der Waals surface area contributed by atoms with Gasteiger partial charge in [0, 0.05) is 11.4 Å². The lowest BCUT2D eigenvalue weighted by Crippen LogP contribution is -2.23. The number of hydrogen-bond donors (Lipinski definition) is 2. The Morgan fingerprint density at radius 3 is 2.31 bits per heavy atom. The Morgan fingerprint density at radius 2 is 1.88 bits per heavy atom. The molecule has 1 rings (SSSR count). The Morgan fingerprint density at radius 1 is 1.38 bits per heavy atom. The maximum atomic E-state index is 11.3. The number of carboxylic acid groups (broad SMARTS) is 1. The van der Waals surface area contributed by atoms with Crippen LogP contribution < -0.4 is 4.72 Å². The van der Waals surface area contributed by atoms with Gasteiger partial charge in [-0.25, -0.2) is 18.4 Å². The van der Waals surface area contributed by atoms with E-state index in [0.29, 0.717) is 11.4 Å². The summed E-state index contributed by atoms with van der Waals surface area (Å²) in [5.41, 5.74) is 1.20. The van der Waals surface area contributed by atoms with Crippen LogP contribution in [-0.4, -0.2) is 35.2 Å². The van der Waals surface area contributed by atoms with Crippen molar-refractivity contribution in [1.29, 1.82) is 0 Å². The van der Waals surface area contributed by atoms with E-state index in [1.807, 2.05) is 4.72 Å². The second-order valence-electron chi connectivity index (χ2n) is 3.23. The fraction of sp³-hybridized carbons (Fsp3) is 0.375. The predicted molar refractivity (Wildman–Crippen MR) is 56.6 cm³/mol. The van der Waals surface area contributed by atoms with E-state index in [0.717, 1.165) is 0 Å². The highest BCUT2D eigenvalue weighted by Gasteiger charge is 2.16. The molecule has 0 saturated carbocycles. The molecule has 0 saturated heterocycles. The molecule has 88 valence electrons. The lowest BCUT2D eigenvalue weighted by molar-refractivity contribution is -0.134. The van der Waals surface area contributed by atoms with Crippen LogP contribution in [0.5, 0.6) is 0 Å². The largest absolute Gasteiger partial charge is 0.480 e. The molecule has 0 spiro atoms. The summed E-state index contributed by atoms with van der Waals surface area (Å²) in [5.74, 6) is -2.56. The summed E-state index contributed by atoms with van der Waals surface area (Å²) < 4.78 is 24.5. The van der Waals surface area contributed by atoms with E-state index in [1.165, 1.54) is 0 Å². The minimum absolute atomic E-state index is 0.112. The first-order valence-electron chi connectivity index (χ1n) is 4.33. The first kappa shape index (κ1) is 12.4. The molecule has 0 radical (unpaired) electrons. The molecular formula is C8H11N3O4S. The highest BCUT2D eigenvalue weighted by atomic mass is 32.2. The molecule has 0 unspecified atom stereocenters. The van der Waals surface area contributed by atoms with Gasteiger partial charge in [0.05, 0.1) is 0 Å². The monoisotopic (exact) mass is 245 g/mol. The van der Waals surface area contributed by atoms with Crippen LogP contribution in [0.4, 0.5) is 5.95 Å². The summed E-state index contributed by atoms with van der Waals surface area (Å²) in [4.78, 5) is 17.9. The fourth-order valence-electron chi connectivity index (χ4n) is 1.11. The number of carboxylic acids is 1. The lowest BCUT2D eigenvalue weighted by Gasteiger charge is -2.05. The minimum Gasteiger partial charge on any atom is -0.480 e. The molecule has 1 aromatic heterocycles. The first-order valence-corrected chi connectivity index (χ1v) is 5.98. The summed E-state index contributed by atoms with van der Waals surface area (Å²) in [6, 6.07) is 1.68. The maximum absolute atomic E-state index is 11.3. The molecule has 1 heterocycles. The van der Waals surface area contributed by atoms with Crippen LogP contribution in [-0.2, 0) is 14.8 Å². The third kappa shape index (κ3) is 3.81. The van der Waals surface area contributed by atoms with Crippen LogP contribution >= 0.6 is 0 Å². The molecule has 0 atom stereocenters. The van der Waals surface area contributed by atoms with Crippen LogP contribution in [0.3, 0.4) is 0 Å². The topological polar surface area (TPSA) is 109 Å². The van der Waals surface area contributed by atoms with Gasteiger partial charge in [-0.1, -0.05) is 0 Å². The van der Waals surface area contributed by atoms with Gasteiger partial charge < -0.3 is 5.11 Å². The average molecular weight is 245 g/mol. The molecule has 0 aromatic carbocycles. The molecule has 2 N–H and O–H groups in total. The number of nitrogens with zero attached hydrogens (tertiary/aromatic N) is 2. The summed E-state index contributed by atoms with van der Waals surface area (Å²) in [5, 5.41) is 8.38. The second kappa shape index (κ2) is 4.44. The van der Waals surface area contributed by atoms with Gasteiger partial charge >= 0.3 is 5.97 Å². The van der Waals surface area contributed by atoms with E-state index >= 15 is 0 Å². The highest BCUT2D eigenvalue weighted by Crippen LogP contribution is 2.05. The molecule has 0 aliphatic carbocycles. The van der Waals surface area contributed by atoms with Gasteiger partial charge in [0.15, 0.2) is 5.75 Å². The van der Waals surface area contributed by atoms with Crippen LogP contribution in [0.1, 0.15) is 11.4 Å². The summed E-state index contributed by atoms with van der Waals surface area (Å²) in [7, 11) is -3.94. The molecule has 16 heavy (non-hydrogen) atoms. The van der Waals surface area contributed by atoms with Gasteiger partial charge in [-0.2, -0.15) is 0 Å². The van der Waals surface area contributed by atoms with Crippen molar-refractivity contribution in [2.75, 3.05) is 10.5 Å². The number of hydrogen-bond acceptors (Lipinski definition) is 5. The quantitative estimate of drug-likeness (QED) is 0.767. The van der Waals surface area contributed by atoms with Crippen LogP contribution in [0.25, 0.3) is 0 Å². The lowest BCUT2D eigenvalue weighted by atomic mass is 10.4. The van der Waals surface area contributed by atoms with E-state index in [9.17, 15) is 13.2 Å². The number of aromatic nitrogens is 2. The van der Waals surface area contributed by atoms with Crippen LogP contribution in [0.15, 0.2) is 6.07 Å². The van der Waals surface area contributed by atoms with Crippen molar-refractivity contribution in [3.8, 4) is 0 Å². The number of anilines is 1.